The molecule has 1 heterocycles. The zero-order valence-electron chi connectivity index (χ0n) is 12.5. The van der Waals surface area contributed by atoms with Crippen molar-refractivity contribution in [2.45, 2.75) is 0 Å². The number of para-hydroxylation sites is 1. The lowest BCUT2D eigenvalue weighted by molar-refractivity contribution is 0.432. The first-order valence-electron chi connectivity index (χ1n) is 7.07. The fourth-order valence-electron chi connectivity index (χ4n) is 2.07. The smallest absolute Gasteiger partial charge is 0.260 e. The molecule has 24 heavy (non-hydrogen) atoms. The van der Waals surface area contributed by atoms with Crippen molar-refractivity contribution in [3.8, 4) is 35.0 Å². The van der Waals surface area contributed by atoms with E-state index in [0.29, 0.717) is 23.0 Å². The number of rotatable bonds is 4. The molecule has 0 fully saturated rings. The second-order valence-electron chi connectivity index (χ2n) is 4.76. The molecule has 6 heteroatoms. The Hall–Kier alpha value is -3.90. The van der Waals surface area contributed by atoms with Crippen molar-refractivity contribution in [3.05, 3.63) is 66.4 Å². The maximum atomic E-state index is 8.80. The van der Waals surface area contributed by atoms with E-state index in [2.05, 4.69) is 15.5 Å². The van der Waals surface area contributed by atoms with Gasteiger partial charge in [-0.25, -0.2) is 0 Å². The molecule has 0 spiro atoms. The van der Waals surface area contributed by atoms with Gasteiger partial charge >= 0.3 is 0 Å². The minimum atomic E-state index is -0.0275. The van der Waals surface area contributed by atoms with E-state index in [4.69, 9.17) is 15.0 Å². The largest absolute Gasteiger partial charge is 0.359 e. The maximum Gasteiger partial charge on any atom is 0.260 e. The second-order valence-corrected chi connectivity index (χ2v) is 4.76. The summed E-state index contributed by atoms with van der Waals surface area (Å²) < 4.78 is 5.35. The van der Waals surface area contributed by atoms with E-state index >= 15 is 0 Å². The molecule has 2 aromatic carbocycles. The molecule has 0 saturated heterocycles. The summed E-state index contributed by atoms with van der Waals surface area (Å²) in [6.07, 6.45) is 1.34. The Kier molecular flexibility index (Phi) is 4.32. The van der Waals surface area contributed by atoms with Gasteiger partial charge in [0.1, 0.15) is 17.7 Å². The van der Waals surface area contributed by atoms with Crippen molar-refractivity contribution in [1.82, 2.24) is 10.1 Å². The van der Waals surface area contributed by atoms with Gasteiger partial charge in [0.05, 0.1) is 11.3 Å². The highest BCUT2D eigenvalue weighted by molar-refractivity contribution is 5.74. The van der Waals surface area contributed by atoms with E-state index in [-0.39, 0.29) is 5.57 Å². The first-order valence-corrected chi connectivity index (χ1v) is 7.07. The number of aromatic nitrogens is 2. The minimum absolute atomic E-state index is 0.0275. The van der Waals surface area contributed by atoms with Gasteiger partial charge < -0.3 is 9.84 Å². The van der Waals surface area contributed by atoms with Gasteiger partial charge in [-0.05, 0) is 12.1 Å². The zero-order chi connectivity index (χ0) is 16.8. The highest BCUT2D eigenvalue weighted by atomic mass is 16.5. The Morgan fingerprint density at radius 1 is 1.00 bits per heavy atom. The van der Waals surface area contributed by atoms with Crippen molar-refractivity contribution in [2.24, 2.45) is 0 Å². The van der Waals surface area contributed by atoms with Gasteiger partial charge in [0.25, 0.3) is 5.89 Å². The standard InChI is InChI=1S/C18H11N5O/c19-10-13(11-20)12-21-16-9-5-4-8-15(16)18-22-17(23-24-18)14-6-2-1-3-7-14/h1-9,12,21H. The van der Waals surface area contributed by atoms with Crippen molar-refractivity contribution >= 4 is 5.69 Å². The quantitative estimate of drug-likeness (QED) is 0.736. The van der Waals surface area contributed by atoms with Crippen molar-refractivity contribution < 1.29 is 4.52 Å². The molecule has 1 aromatic heterocycles. The summed E-state index contributed by atoms with van der Waals surface area (Å²) in [5.41, 5.74) is 2.16. The fraction of sp³-hybridized carbons (Fsp3) is 0. The summed E-state index contributed by atoms with van der Waals surface area (Å²) in [4.78, 5) is 4.41. The lowest BCUT2D eigenvalue weighted by Gasteiger charge is -2.04. The highest BCUT2D eigenvalue weighted by Crippen LogP contribution is 2.28. The third-order valence-electron chi connectivity index (χ3n) is 3.23. The predicted octanol–water partition coefficient (Wildman–Crippen LogP) is 3.75. The van der Waals surface area contributed by atoms with Crippen molar-refractivity contribution in [3.63, 3.8) is 0 Å². The van der Waals surface area contributed by atoms with Crippen LogP contribution in [0.25, 0.3) is 22.8 Å². The van der Waals surface area contributed by atoms with Gasteiger partial charge in [0, 0.05) is 11.8 Å². The lowest BCUT2D eigenvalue weighted by Crippen LogP contribution is -1.93. The number of nitrogens with zero attached hydrogens (tertiary/aromatic N) is 4. The van der Waals surface area contributed by atoms with Crippen molar-refractivity contribution in [2.75, 3.05) is 5.32 Å². The zero-order valence-corrected chi connectivity index (χ0v) is 12.5. The number of allylic oxidation sites excluding steroid dienone is 1. The van der Waals surface area contributed by atoms with Crippen LogP contribution in [0.4, 0.5) is 5.69 Å². The van der Waals surface area contributed by atoms with Crippen LogP contribution in [0.5, 0.6) is 0 Å². The topological polar surface area (TPSA) is 98.5 Å². The normalized spacial score (nSPS) is 9.58. The summed E-state index contributed by atoms with van der Waals surface area (Å²) in [6.45, 7) is 0. The Morgan fingerprint density at radius 2 is 1.71 bits per heavy atom. The van der Waals surface area contributed by atoms with Gasteiger partial charge in [-0.2, -0.15) is 15.5 Å². The van der Waals surface area contributed by atoms with Gasteiger partial charge in [0.2, 0.25) is 5.82 Å². The van der Waals surface area contributed by atoms with E-state index in [0.717, 1.165) is 5.56 Å². The molecule has 0 bridgehead atoms. The van der Waals surface area contributed by atoms with Crippen molar-refractivity contribution in [1.29, 1.82) is 10.5 Å². The summed E-state index contributed by atoms with van der Waals surface area (Å²) >= 11 is 0. The summed E-state index contributed by atoms with van der Waals surface area (Å²) in [7, 11) is 0. The third kappa shape index (κ3) is 3.13. The number of hydrogen-bond acceptors (Lipinski definition) is 6. The van der Waals surface area contributed by atoms with Crippen LogP contribution in [-0.4, -0.2) is 10.1 Å². The number of anilines is 1. The highest BCUT2D eigenvalue weighted by Gasteiger charge is 2.13. The van der Waals surface area contributed by atoms with Gasteiger partial charge in [-0.1, -0.05) is 47.6 Å². The van der Waals surface area contributed by atoms with E-state index in [9.17, 15) is 0 Å². The Balaban J connectivity index is 1.94. The molecule has 3 rings (SSSR count). The van der Waals surface area contributed by atoms with Crippen LogP contribution >= 0.6 is 0 Å². The van der Waals surface area contributed by atoms with Gasteiger partial charge in [0.15, 0.2) is 0 Å². The van der Waals surface area contributed by atoms with Crippen LogP contribution in [0, 0.1) is 22.7 Å². The van der Waals surface area contributed by atoms with Crippen LogP contribution in [0.3, 0.4) is 0 Å². The molecule has 6 nitrogen and oxygen atoms in total. The molecule has 0 aliphatic heterocycles. The second kappa shape index (κ2) is 6.91. The molecule has 0 amide bonds. The van der Waals surface area contributed by atoms with Crippen LogP contribution in [0.2, 0.25) is 0 Å². The molecule has 0 aliphatic rings. The molecule has 1 N–H and O–H groups in total. The molecule has 0 radical (unpaired) electrons. The molecule has 0 saturated carbocycles. The Labute approximate surface area is 138 Å². The van der Waals surface area contributed by atoms with Gasteiger partial charge in [-0.3, -0.25) is 0 Å². The third-order valence-corrected chi connectivity index (χ3v) is 3.23. The molecular weight excluding hydrogens is 302 g/mol. The molecule has 0 atom stereocenters. The predicted molar refractivity (Wildman–Crippen MR) is 88.1 cm³/mol. The minimum Gasteiger partial charge on any atom is -0.359 e. The number of benzene rings is 2. The monoisotopic (exact) mass is 313 g/mol. The Morgan fingerprint density at radius 3 is 2.46 bits per heavy atom. The Bertz CT molecular complexity index is 945. The van der Waals surface area contributed by atoms with E-state index in [1.807, 2.05) is 48.5 Å². The van der Waals surface area contributed by atoms with Crippen LogP contribution in [-0.2, 0) is 0 Å². The first kappa shape index (κ1) is 15.0. The maximum absolute atomic E-state index is 8.80. The summed E-state index contributed by atoms with van der Waals surface area (Å²) in [5.74, 6) is 0.839. The number of hydrogen-bond donors (Lipinski definition) is 1. The number of nitriles is 2. The summed E-state index contributed by atoms with van der Waals surface area (Å²) in [5, 5.41) is 24.5. The van der Waals surface area contributed by atoms with E-state index < -0.39 is 0 Å². The summed E-state index contributed by atoms with van der Waals surface area (Å²) in [6, 6.07) is 20.4. The lowest BCUT2D eigenvalue weighted by atomic mass is 10.1. The SMILES string of the molecule is N#CC(C#N)=CNc1ccccc1-c1nc(-c2ccccc2)no1. The molecule has 114 valence electrons. The van der Waals surface area contributed by atoms with Crippen LogP contribution < -0.4 is 5.32 Å². The average Bonchev–Trinajstić information content (AvgIpc) is 3.14. The van der Waals surface area contributed by atoms with Gasteiger partial charge in [-0.15, -0.1) is 0 Å². The first-order chi connectivity index (χ1) is 11.8. The average molecular weight is 313 g/mol. The van der Waals surface area contributed by atoms with Crippen LogP contribution in [0.15, 0.2) is 70.9 Å². The number of nitrogens with one attached hydrogen (secondary N) is 1. The van der Waals surface area contributed by atoms with E-state index in [1.165, 1.54) is 6.20 Å². The molecule has 3 aromatic rings. The molecule has 0 unspecified atom stereocenters. The molecule has 0 aliphatic carbocycles. The fourth-order valence-corrected chi connectivity index (χ4v) is 2.07. The molecular formula is C18H11N5O. The van der Waals surface area contributed by atoms with Crippen LogP contribution in [0.1, 0.15) is 0 Å². The van der Waals surface area contributed by atoms with E-state index in [1.54, 1.807) is 18.2 Å².